The Balaban J connectivity index is 1.69. The maximum atomic E-state index is 8.75. The summed E-state index contributed by atoms with van der Waals surface area (Å²) in [6.45, 7) is 3.05. The van der Waals surface area contributed by atoms with Gasteiger partial charge in [0, 0.05) is 30.1 Å². The number of nitrogens with zero attached hydrogens (tertiary/aromatic N) is 1. The summed E-state index contributed by atoms with van der Waals surface area (Å²) >= 11 is 1.88. The third-order valence-corrected chi connectivity index (χ3v) is 4.55. The van der Waals surface area contributed by atoms with Crippen molar-refractivity contribution in [1.29, 1.82) is 0 Å². The fourth-order valence-corrected chi connectivity index (χ4v) is 3.48. The summed E-state index contributed by atoms with van der Waals surface area (Å²) in [5, 5.41) is 10.9. The van der Waals surface area contributed by atoms with E-state index in [0.717, 1.165) is 31.6 Å². The Kier molecular flexibility index (Phi) is 4.17. The van der Waals surface area contributed by atoms with Crippen molar-refractivity contribution >= 4 is 11.3 Å². The van der Waals surface area contributed by atoms with Gasteiger partial charge in [-0.15, -0.1) is 11.3 Å². The van der Waals surface area contributed by atoms with Gasteiger partial charge in [-0.2, -0.15) is 0 Å². The zero-order valence-electron chi connectivity index (χ0n) is 11.3. The van der Waals surface area contributed by atoms with Crippen molar-refractivity contribution in [3.05, 3.63) is 57.3 Å². The molecule has 3 heteroatoms. The molecule has 1 aromatic carbocycles. The second-order valence-corrected chi connectivity index (χ2v) is 5.99. The summed E-state index contributed by atoms with van der Waals surface area (Å²) in [6, 6.07) is 10.5. The van der Waals surface area contributed by atoms with Crippen molar-refractivity contribution in [2.24, 2.45) is 0 Å². The fourth-order valence-electron chi connectivity index (χ4n) is 2.59. The van der Waals surface area contributed by atoms with E-state index in [4.69, 9.17) is 5.11 Å². The summed E-state index contributed by atoms with van der Waals surface area (Å²) < 4.78 is 0. The van der Waals surface area contributed by atoms with E-state index < -0.39 is 0 Å². The van der Waals surface area contributed by atoms with Gasteiger partial charge < -0.3 is 5.11 Å². The fraction of sp³-hybridized carbons (Fsp3) is 0.294. The SMILES string of the molecule is OCC#Cc1cccc(CN2CCc3sccc3C2)c1. The molecule has 2 aromatic rings. The highest BCUT2D eigenvalue weighted by Crippen LogP contribution is 2.25. The van der Waals surface area contributed by atoms with Gasteiger partial charge in [0.05, 0.1) is 0 Å². The van der Waals surface area contributed by atoms with Gasteiger partial charge in [-0.05, 0) is 41.1 Å². The van der Waals surface area contributed by atoms with E-state index in [2.05, 4.69) is 40.3 Å². The minimum Gasteiger partial charge on any atom is -0.384 e. The van der Waals surface area contributed by atoms with Crippen LogP contribution >= 0.6 is 11.3 Å². The highest BCUT2D eigenvalue weighted by atomic mass is 32.1. The Labute approximate surface area is 123 Å². The van der Waals surface area contributed by atoms with Gasteiger partial charge in [-0.1, -0.05) is 24.0 Å². The zero-order chi connectivity index (χ0) is 13.8. The van der Waals surface area contributed by atoms with Crippen LogP contribution in [0.25, 0.3) is 0 Å². The molecule has 3 rings (SSSR count). The predicted octanol–water partition coefficient (Wildman–Crippen LogP) is 2.65. The Bertz CT molecular complexity index is 650. The largest absolute Gasteiger partial charge is 0.384 e. The smallest absolute Gasteiger partial charge is 0.104 e. The van der Waals surface area contributed by atoms with Crippen LogP contribution < -0.4 is 0 Å². The van der Waals surface area contributed by atoms with Crippen LogP contribution in [0.15, 0.2) is 35.7 Å². The van der Waals surface area contributed by atoms with Gasteiger partial charge in [0.25, 0.3) is 0 Å². The van der Waals surface area contributed by atoms with Crippen LogP contribution in [-0.2, 0) is 19.5 Å². The van der Waals surface area contributed by atoms with E-state index in [1.165, 1.54) is 11.1 Å². The Morgan fingerprint density at radius 1 is 1.30 bits per heavy atom. The number of hydrogen-bond acceptors (Lipinski definition) is 3. The average Bonchev–Trinajstić information content (AvgIpc) is 2.93. The predicted molar refractivity (Wildman–Crippen MR) is 82.5 cm³/mol. The first kappa shape index (κ1) is 13.4. The highest BCUT2D eigenvalue weighted by molar-refractivity contribution is 7.10. The van der Waals surface area contributed by atoms with Crippen LogP contribution in [0.2, 0.25) is 0 Å². The van der Waals surface area contributed by atoms with Crippen LogP contribution in [0.4, 0.5) is 0 Å². The lowest BCUT2D eigenvalue weighted by Crippen LogP contribution is -2.29. The van der Waals surface area contributed by atoms with Crippen molar-refractivity contribution in [1.82, 2.24) is 4.90 Å². The summed E-state index contributed by atoms with van der Waals surface area (Å²) in [5.41, 5.74) is 3.75. The Morgan fingerprint density at radius 2 is 2.25 bits per heavy atom. The molecule has 0 saturated heterocycles. The zero-order valence-corrected chi connectivity index (χ0v) is 12.1. The number of aliphatic hydroxyl groups excluding tert-OH is 1. The maximum Gasteiger partial charge on any atom is 0.104 e. The van der Waals surface area contributed by atoms with E-state index >= 15 is 0 Å². The molecule has 0 aliphatic carbocycles. The van der Waals surface area contributed by atoms with E-state index in [1.807, 2.05) is 23.5 Å². The molecule has 1 aliphatic heterocycles. The summed E-state index contributed by atoms with van der Waals surface area (Å²) in [5.74, 6) is 5.66. The lowest BCUT2D eigenvalue weighted by molar-refractivity contribution is 0.247. The minimum atomic E-state index is -0.0860. The molecule has 20 heavy (non-hydrogen) atoms. The van der Waals surface area contributed by atoms with Crippen molar-refractivity contribution in [2.75, 3.05) is 13.2 Å². The molecule has 0 amide bonds. The summed E-state index contributed by atoms with van der Waals surface area (Å²) in [4.78, 5) is 4.02. The van der Waals surface area contributed by atoms with E-state index in [9.17, 15) is 0 Å². The Morgan fingerprint density at radius 3 is 3.15 bits per heavy atom. The molecule has 2 nitrogen and oxygen atoms in total. The van der Waals surface area contributed by atoms with Gasteiger partial charge in [0.2, 0.25) is 0 Å². The second-order valence-electron chi connectivity index (χ2n) is 4.99. The summed E-state index contributed by atoms with van der Waals surface area (Å²) in [7, 11) is 0. The van der Waals surface area contributed by atoms with E-state index in [-0.39, 0.29) is 6.61 Å². The first-order chi connectivity index (χ1) is 9.85. The van der Waals surface area contributed by atoms with Gasteiger partial charge in [-0.3, -0.25) is 4.90 Å². The molecular weight excluding hydrogens is 266 g/mol. The number of thiophene rings is 1. The van der Waals surface area contributed by atoms with E-state index in [1.54, 1.807) is 4.88 Å². The van der Waals surface area contributed by atoms with E-state index in [0.29, 0.717) is 0 Å². The minimum absolute atomic E-state index is 0.0860. The molecule has 1 N–H and O–H groups in total. The van der Waals surface area contributed by atoms with Crippen LogP contribution in [0.5, 0.6) is 0 Å². The van der Waals surface area contributed by atoms with Gasteiger partial charge >= 0.3 is 0 Å². The van der Waals surface area contributed by atoms with Gasteiger partial charge in [0.1, 0.15) is 6.61 Å². The molecule has 0 fully saturated rings. The average molecular weight is 283 g/mol. The first-order valence-corrected chi connectivity index (χ1v) is 7.69. The number of benzene rings is 1. The van der Waals surface area contributed by atoms with Crippen LogP contribution in [0, 0.1) is 11.8 Å². The molecule has 2 heterocycles. The van der Waals surface area contributed by atoms with Gasteiger partial charge in [-0.25, -0.2) is 0 Å². The molecule has 0 radical (unpaired) electrons. The third kappa shape index (κ3) is 3.10. The molecule has 0 saturated carbocycles. The van der Waals surface area contributed by atoms with Crippen molar-refractivity contribution < 1.29 is 5.11 Å². The van der Waals surface area contributed by atoms with Gasteiger partial charge in [0.15, 0.2) is 0 Å². The van der Waals surface area contributed by atoms with Crippen LogP contribution in [0.3, 0.4) is 0 Å². The quantitative estimate of drug-likeness (QED) is 0.857. The molecule has 1 aliphatic rings. The lowest BCUT2D eigenvalue weighted by atomic mass is 10.1. The molecule has 102 valence electrons. The molecule has 0 atom stereocenters. The lowest BCUT2D eigenvalue weighted by Gasteiger charge is -2.26. The normalized spacial score (nSPS) is 14.4. The van der Waals surface area contributed by atoms with Crippen LogP contribution in [-0.4, -0.2) is 23.2 Å². The number of aliphatic hydroxyl groups is 1. The highest BCUT2D eigenvalue weighted by Gasteiger charge is 2.16. The summed E-state index contributed by atoms with van der Waals surface area (Å²) in [6.07, 6.45) is 1.16. The number of hydrogen-bond donors (Lipinski definition) is 1. The second kappa shape index (κ2) is 6.23. The van der Waals surface area contributed by atoms with Crippen molar-refractivity contribution in [3.63, 3.8) is 0 Å². The Hall–Kier alpha value is -1.60. The number of rotatable bonds is 2. The first-order valence-electron chi connectivity index (χ1n) is 6.81. The molecule has 0 unspecified atom stereocenters. The molecule has 0 bridgehead atoms. The topological polar surface area (TPSA) is 23.5 Å². The van der Waals surface area contributed by atoms with Crippen molar-refractivity contribution in [3.8, 4) is 11.8 Å². The molecule has 0 spiro atoms. The maximum absolute atomic E-state index is 8.75. The number of fused-ring (bicyclic) bond motifs is 1. The molecule has 1 aromatic heterocycles. The monoisotopic (exact) mass is 283 g/mol. The third-order valence-electron chi connectivity index (χ3n) is 3.53. The standard InChI is InChI=1S/C17H17NOS/c19-9-2-5-14-3-1-4-15(11-14)12-18-8-6-17-16(13-18)7-10-20-17/h1,3-4,7,10-11,19H,6,8-9,12-13H2. The van der Waals surface area contributed by atoms with Crippen molar-refractivity contribution in [2.45, 2.75) is 19.5 Å². The molecular formula is C17H17NOS. The van der Waals surface area contributed by atoms with Crippen LogP contribution in [0.1, 0.15) is 21.6 Å².